The molecule has 1 aromatic rings. The SMILES string of the molecule is CCOC(=O)CCC(=O)c1ccc2c(c1)N(CC#N)C(=O)CO2. The summed E-state index contributed by atoms with van der Waals surface area (Å²) < 4.78 is 10.1. The van der Waals surface area contributed by atoms with Crippen molar-refractivity contribution in [1.82, 2.24) is 0 Å². The van der Waals surface area contributed by atoms with Crippen LogP contribution in [0.3, 0.4) is 0 Å². The van der Waals surface area contributed by atoms with Gasteiger partial charge in [-0.15, -0.1) is 0 Å². The number of Topliss-reactive ketones (excluding diaryl/α,β-unsaturated/α-hetero) is 1. The second-order valence-electron chi connectivity index (χ2n) is 4.84. The molecule has 1 heterocycles. The number of ketones is 1. The topological polar surface area (TPSA) is 96.7 Å². The van der Waals surface area contributed by atoms with Crippen LogP contribution in [0.2, 0.25) is 0 Å². The Labute approximate surface area is 133 Å². The highest BCUT2D eigenvalue weighted by Crippen LogP contribution is 2.33. The van der Waals surface area contributed by atoms with Crippen molar-refractivity contribution in [2.24, 2.45) is 0 Å². The first-order valence-corrected chi connectivity index (χ1v) is 7.19. The molecule has 0 fully saturated rings. The number of nitriles is 1. The van der Waals surface area contributed by atoms with E-state index in [0.717, 1.165) is 0 Å². The normalized spacial score (nSPS) is 12.9. The lowest BCUT2D eigenvalue weighted by molar-refractivity contribution is -0.143. The quantitative estimate of drug-likeness (QED) is 0.448. The van der Waals surface area contributed by atoms with Gasteiger partial charge in [-0.3, -0.25) is 19.3 Å². The van der Waals surface area contributed by atoms with Crippen molar-refractivity contribution in [2.75, 3.05) is 24.7 Å². The number of nitrogens with zero attached hydrogens (tertiary/aromatic N) is 2. The minimum atomic E-state index is -0.427. The summed E-state index contributed by atoms with van der Waals surface area (Å²) in [5, 5.41) is 8.83. The van der Waals surface area contributed by atoms with Gasteiger partial charge in [0.1, 0.15) is 12.3 Å². The molecular weight excluding hydrogens is 300 g/mol. The molecule has 7 heteroatoms. The molecule has 0 atom stereocenters. The van der Waals surface area contributed by atoms with Crippen LogP contribution in [0.1, 0.15) is 30.1 Å². The lowest BCUT2D eigenvalue weighted by Crippen LogP contribution is -2.39. The largest absolute Gasteiger partial charge is 0.482 e. The van der Waals surface area contributed by atoms with E-state index in [1.54, 1.807) is 19.1 Å². The number of hydrogen-bond acceptors (Lipinski definition) is 6. The first-order valence-electron chi connectivity index (χ1n) is 7.19. The van der Waals surface area contributed by atoms with Crippen LogP contribution < -0.4 is 9.64 Å². The van der Waals surface area contributed by atoms with Gasteiger partial charge in [0.05, 0.1) is 24.8 Å². The number of hydrogen-bond donors (Lipinski definition) is 0. The zero-order chi connectivity index (χ0) is 16.8. The standard InChI is InChI=1S/C16H16N2O5/c1-2-22-16(21)6-4-13(19)11-3-5-14-12(9-11)18(8-7-17)15(20)10-23-14/h3,5,9H,2,4,6,8,10H2,1H3. The van der Waals surface area contributed by atoms with Crippen molar-refractivity contribution in [2.45, 2.75) is 19.8 Å². The van der Waals surface area contributed by atoms with Crippen molar-refractivity contribution in [3.63, 3.8) is 0 Å². The van der Waals surface area contributed by atoms with Crippen LogP contribution in [0.5, 0.6) is 5.75 Å². The Morgan fingerprint density at radius 1 is 1.39 bits per heavy atom. The van der Waals surface area contributed by atoms with Gasteiger partial charge in [-0.2, -0.15) is 5.26 Å². The minimum Gasteiger partial charge on any atom is -0.482 e. The van der Waals surface area contributed by atoms with E-state index < -0.39 is 5.97 Å². The van der Waals surface area contributed by atoms with Crippen molar-refractivity contribution in [3.8, 4) is 11.8 Å². The average molecular weight is 316 g/mol. The van der Waals surface area contributed by atoms with E-state index in [0.29, 0.717) is 17.0 Å². The third kappa shape index (κ3) is 3.86. The van der Waals surface area contributed by atoms with E-state index >= 15 is 0 Å². The summed E-state index contributed by atoms with van der Waals surface area (Å²) in [5.41, 5.74) is 0.749. The third-order valence-corrected chi connectivity index (χ3v) is 3.31. The summed E-state index contributed by atoms with van der Waals surface area (Å²) in [6.45, 7) is 1.72. The van der Waals surface area contributed by atoms with Gasteiger partial charge >= 0.3 is 5.97 Å². The van der Waals surface area contributed by atoms with Crippen molar-refractivity contribution in [1.29, 1.82) is 5.26 Å². The highest BCUT2D eigenvalue weighted by atomic mass is 16.5. The lowest BCUT2D eigenvalue weighted by Gasteiger charge is -2.27. The van der Waals surface area contributed by atoms with Crippen molar-refractivity contribution >= 4 is 23.3 Å². The number of rotatable bonds is 6. The number of carbonyl (C=O) groups is 3. The number of esters is 1. The van der Waals surface area contributed by atoms with E-state index in [-0.39, 0.29) is 44.3 Å². The maximum atomic E-state index is 12.2. The van der Waals surface area contributed by atoms with Gasteiger partial charge in [-0.05, 0) is 25.1 Å². The third-order valence-electron chi connectivity index (χ3n) is 3.31. The molecule has 0 aliphatic carbocycles. The molecule has 0 N–H and O–H groups in total. The Hall–Kier alpha value is -2.88. The average Bonchev–Trinajstić information content (AvgIpc) is 2.55. The zero-order valence-corrected chi connectivity index (χ0v) is 12.7. The molecule has 2 rings (SSSR count). The fourth-order valence-electron chi connectivity index (χ4n) is 2.21. The van der Waals surface area contributed by atoms with Gasteiger partial charge < -0.3 is 9.47 Å². The number of fused-ring (bicyclic) bond motifs is 1. The van der Waals surface area contributed by atoms with E-state index in [1.807, 2.05) is 6.07 Å². The number of ether oxygens (including phenoxy) is 2. The van der Waals surface area contributed by atoms with E-state index in [9.17, 15) is 14.4 Å². The fourth-order valence-corrected chi connectivity index (χ4v) is 2.21. The molecule has 0 spiro atoms. The second-order valence-corrected chi connectivity index (χ2v) is 4.84. The summed E-state index contributed by atoms with van der Waals surface area (Å²) in [7, 11) is 0. The summed E-state index contributed by atoms with van der Waals surface area (Å²) >= 11 is 0. The van der Waals surface area contributed by atoms with Gasteiger partial charge in [0, 0.05) is 12.0 Å². The number of benzene rings is 1. The van der Waals surface area contributed by atoms with Crippen LogP contribution in [0.25, 0.3) is 0 Å². The molecule has 120 valence electrons. The molecule has 0 radical (unpaired) electrons. The zero-order valence-electron chi connectivity index (χ0n) is 12.7. The molecule has 0 saturated heterocycles. The molecule has 7 nitrogen and oxygen atoms in total. The van der Waals surface area contributed by atoms with Gasteiger partial charge in [-0.25, -0.2) is 0 Å². The van der Waals surface area contributed by atoms with Gasteiger partial charge in [-0.1, -0.05) is 0 Å². The summed E-state index contributed by atoms with van der Waals surface area (Å²) in [4.78, 5) is 36.6. The first kappa shape index (κ1) is 16.5. The summed E-state index contributed by atoms with van der Waals surface area (Å²) in [6, 6.07) is 6.59. The monoisotopic (exact) mass is 316 g/mol. The van der Waals surface area contributed by atoms with Crippen molar-refractivity contribution < 1.29 is 23.9 Å². The molecule has 0 saturated carbocycles. The summed E-state index contributed by atoms with van der Waals surface area (Å²) in [5.74, 6) is -0.559. The molecule has 1 aliphatic heterocycles. The highest BCUT2D eigenvalue weighted by molar-refractivity contribution is 6.02. The predicted octanol–water partition coefficient (Wildman–Crippen LogP) is 1.46. The van der Waals surface area contributed by atoms with E-state index in [4.69, 9.17) is 14.7 Å². The summed E-state index contributed by atoms with van der Waals surface area (Å²) in [6.07, 6.45) is 0.0196. The maximum absolute atomic E-state index is 12.2. The molecule has 1 amide bonds. The van der Waals surface area contributed by atoms with Gasteiger partial charge in [0.15, 0.2) is 12.4 Å². The Bertz CT molecular complexity index is 678. The minimum absolute atomic E-state index is 0.00109. The van der Waals surface area contributed by atoms with Crippen LogP contribution >= 0.6 is 0 Å². The highest BCUT2D eigenvalue weighted by Gasteiger charge is 2.26. The number of amides is 1. The molecule has 0 unspecified atom stereocenters. The molecular formula is C16H16N2O5. The second kappa shape index (κ2) is 7.40. The Kier molecular flexibility index (Phi) is 5.31. The maximum Gasteiger partial charge on any atom is 0.306 e. The van der Waals surface area contributed by atoms with Crippen molar-refractivity contribution in [3.05, 3.63) is 23.8 Å². The Balaban J connectivity index is 2.16. The lowest BCUT2D eigenvalue weighted by atomic mass is 10.0. The molecule has 1 aromatic carbocycles. The van der Waals surface area contributed by atoms with Crippen LogP contribution in [0, 0.1) is 11.3 Å². The molecule has 0 bridgehead atoms. The van der Waals surface area contributed by atoms with E-state index in [1.165, 1.54) is 11.0 Å². The van der Waals surface area contributed by atoms with Crippen LogP contribution in [-0.2, 0) is 14.3 Å². The van der Waals surface area contributed by atoms with Crippen LogP contribution in [-0.4, -0.2) is 37.4 Å². The Morgan fingerprint density at radius 3 is 2.87 bits per heavy atom. The molecule has 23 heavy (non-hydrogen) atoms. The fraction of sp³-hybridized carbons (Fsp3) is 0.375. The van der Waals surface area contributed by atoms with Crippen LogP contribution in [0.15, 0.2) is 18.2 Å². The Morgan fingerprint density at radius 2 is 2.17 bits per heavy atom. The first-order chi connectivity index (χ1) is 11.1. The number of carbonyl (C=O) groups excluding carboxylic acids is 3. The number of anilines is 1. The van der Waals surface area contributed by atoms with Gasteiger partial charge in [0.25, 0.3) is 5.91 Å². The molecule has 0 aromatic heterocycles. The molecule has 1 aliphatic rings. The van der Waals surface area contributed by atoms with E-state index in [2.05, 4.69) is 0 Å². The van der Waals surface area contributed by atoms with Gasteiger partial charge in [0.2, 0.25) is 0 Å². The van der Waals surface area contributed by atoms with Crippen LogP contribution in [0.4, 0.5) is 5.69 Å². The predicted molar refractivity (Wildman–Crippen MR) is 80.1 cm³/mol. The smallest absolute Gasteiger partial charge is 0.306 e.